The van der Waals surface area contributed by atoms with E-state index < -0.39 is 0 Å². The first kappa shape index (κ1) is 9.02. The molecule has 0 bridgehead atoms. The maximum atomic E-state index is 11.3. The lowest BCUT2D eigenvalue weighted by Crippen LogP contribution is -2.10. The number of aromatic hydroxyl groups is 1. The molecule has 0 saturated heterocycles. The topological polar surface area (TPSA) is 55.1 Å². The first-order valence-corrected chi connectivity index (χ1v) is 4.51. The molecule has 0 fully saturated rings. The lowest BCUT2D eigenvalue weighted by atomic mass is 10.3. The van der Waals surface area contributed by atoms with E-state index in [4.69, 9.17) is 16.7 Å². The van der Waals surface area contributed by atoms with Crippen LogP contribution < -0.4 is 0 Å². The van der Waals surface area contributed by atoms with Crippen LogP contribution in [-0.2, 0) is 0 Å². The average molecular weight is 211 g/mol. The largest absolute Gasteiger partial charge is 0.506 e. The highest BCUT2D eigenvalue weighted by Crippen LogP contribution is 2.18. The number of fused-ring (bicyclic) bond motifs is 1. The Morgan fingerprint density at radius 1 is 1.64 bits per heavy atom. The summed E-state index contributed by atoms with van der Waals surface area (Å²) >= 11 is 5.43. The van der Waals surface area contributed by atoms with Crippen LogP contribution in [0, 0.1) is 0 Å². The highest BCUT2D eigenvalue weighted by molar-refractivity contribution is 6.28. The maximum absolute atomic E-state index is 11.3. The molecule has 0 unspecified atom stereocenters. The fourth-order valence-corrected chi connectivity index (χ4v) is 1.41. The van der Waals surface area contributed by atoms with E-state index in [2.05, 4.69) is 4.98 Å². The molecular formula is C9H7ClN2O2. The smallest absolute Gasteiger partial charge is 0.247 e. The number of halogens is 1. The third-order valence-corrected chi connectivity index (χ3v) is 2.12. The third kappa shape index (κ3) is 1.33. The summed E-state index contributed by atoms with van der Waals surface area (Å²) < 4.78 is 1.36. The standard InChI is InChI=1S/C9H7ClN2O2/c10-4-8(14)12-2-1-6-3-7(13)5-11-9(6)12/h1-3,5,13H,4H2. The van der Waals surface area contributed by atoms with Crippen molar-refractivity contribution in [2.45, 2.75) is 0 Å². The summed E-state index contributed by atoms with van der Waals surface area (Å²) in [6.07, 6.45) is 2.88. The average Bonchev–Trinajstić information content (AvgIpc) is 2.59. The molecule has 2 rings (SSSR count). The van der Waals surface area contributed by atoms with E-state index in [0.29, 0.717) is 11.0 Å². The number of alkyl halides is 1. The molecule has 2 aromatic heterocycles. The van der Waals surface area contributed by atoms with Gasteiger partial charge in [-0.3, -0.25) is 9.36 Å². The van der Waals surface area contributed by atoms with Crippen molar-refractivity contribution in [3.8, 4) is 5.75 Å². The summed E-state index contributed by atoms with van der Waals surface area (Å²) in [7, 11) is 0. The molecule has 0 saturated carbocycles. The zero-order valence-corrected chi connectivity index (χ0v) is 7.90. The van der Waals surface area contributed by atoms with Crippen molar-refractivity contribution >= 4 is 28.5 Å². The minimum atomic E-state index is -0.236. The van der Waals surface area contributed by atoms with Crippen molar-refractivity contribution in [3.63, 3.8) is 0 Å². The second kappa shape index (κ2) is 3.31. The molecule has 0 aromatic carbocycles. The van der Waals surface area contributed by atoms with Gasteiger partial charge in [0.05, 0.1) is 6.20 Å². The predicted octanol–water partition coefficient (Wildman–Crippen LogP) is 1.62. The van der Waals surface area contributed by atoms with E-state index in [0.717, 1.165) is 0 Å². The van der Waals surface area contributed by atoms with Gasteiger partial charge in [0.15, 0.2) is 0 Å². The van der Waals surface area contributed by atoms with Crippen LogP contribution in [0.5, 0.6) is 5.75 Å². The first-order chi connectivity index (χ1) is 6.72. The van der Waals surface area contributed by atoms with Gasteiger partial charge in [-0.15, -0.1) is 11.6 Å². The SMILES string of the molecule is O=C(CCl)n1ccc2cc(O)cnc21. The molecule has 14 heavy (non-hydrogen) atoms. The quantitative estimate of drug-likeness (QED) is 0.728. The molecule has 72 valence electrons. The number of rotatable bonds is 1. The molecule has 0 aliphatic rings. The van der Waals surface area contributed by atoms with Crippen LogP contribution in [-0.4, -0.2) is 26.4 Å². The lowest BCUT2D eigenvalue weighted by molar-refractivity contribution is 0.0945. The molecule has 0 aliphatic carbocycles. The van der Waals surface area contributed by atoms with Crippen molar-refractivity contribution in [1.29, 1.82) is 0 Å². The molecule has 0 radical (unpaired) electrons. The van der Waals surface area contributed by atoms with Crippen LogP contribution in [0.2, 0.25) is 0 Å². The van der Waals surface area contributed by atoms with Crippen molar-refractivity contribution in [2.24, 2.45) is 0 Å². The van der Waals surface area contributed by atoms with E-state index in [1.165, 1.54) is 10.8 Å². The third-order valence-electron chi connectivity index (χ3n) is 1.90. The molecule has 2 heterocycles. The Bertz CT molecular complexity index is 493. The van der Waals surface area contributed by atoms with Gasteiger partial charge in [-0.25, -0.2) is 4.98 Å². The maximum Gasteiger partial charge on any atom is 0.247 e. The van der Waals surface area contributed by atoms with Gasteiger partial charge in [-0.1, -0.05) is 0 Å². The number of hydrogen-bond donors (Lipinski definition) is 1. The van der Waals surface area contributed by atoms with Crippen molar-refractivity contribution in [3.05, 3.63) is 24.5 Å². The first-order valence-electron chi connectivity index (χ1n) is 3.97. The molecule has 0 aliphatic heterocycles. The van der Waals surface area contributed by atoms with Gasteiger partial charge in [-0.05, 0) is 12.1 Å². The molecule has 1 N–H and O–H groups in total. The Balaban J connectivity index is 2.64. The van der Waals surface area contributed by atoms with Gasteiger partial charge in [0.2, 0.25) is 5.91 Å². The number of nitrogens with zero attached hydrogens (tertiary/aromatic N) is 2. The number of hydrogen-bond acceptors (Lipinski definition) is 3. The Morgan fingerprint density at radius 2 is 2.43 bits per heavy atom. The normalized spacial score (nSPS) is 10.6. The van der Waals surface area contributed by atoms with Crippen LogP contribution in [0.25, 0.3) is 11.0 Å². The van der Waals surface area contributed by atoms with E-state index in [9.17, 15) is 4.79 Å². The monoisotopic (exact) mass is 210 g/mol. The van der Waals surface area contributed by atoms with Gasteiger partial charge in [0.25, 0.3) is 0 Å². The molecular weight excluding hydrogens is 204 g/mol. The molecule has 2 aromatic rings. The van der Waals surface area contributed by atoms with Crippen molar-refractivity contribution in [2.75, 3.05) is 5.88 Å². The molecule has 4 nitrogen and oxygen atoms in total. The summed E-state index contributed by atoms with van der Waals surface area (Å²) in [4.78, 5) is 15.2. The minimum absolute atomic E-state index is 0.0774. The van der Waals surface area contributed by atoms with Gasteiger partial charge in [-0.2, -0.15) is 0 Å². The number of carbonyl (C=O) groups is 1. The fraction of sp³-hybridized carbons (Fsp3) is 0.111. The zero-order valence-electron chi connectivity index (χ0n) is 7.14. The molecule has 0 atom stereocenters. The van der Waals surface area contributed by atoms with Gasteiger partial charge in [0.1, 0.15) is 17.3 Å². The number of aromatic nitrogens is 2. The fourth-order valence-electron chi connectivity index (χ4n) is 1.28. The minimum Gasteiger partial charge on any atom is -0.506 e. The van der Waals surface area contributed by atoms with Gasteiger partial charge in [0, 0.05) is 11.6 Å². The molecule has 5 heteroatoms. The van der Waals surface area contributed by atoms with Crippen LogP contribution in [0.1, 0.15) is 4.79 Å². The van der Waals surface area contributed by atoms with E-state index in [1.54, 1.807) is 18.3 Å². The highest BCUT2D eigenvalue weighted by atomic mass is 35.5. The van der Waals surface area contributed by atoms with Crippen LogP contribution in [0.4, 0.5) is 0 Å². The highest BCUT2D eigenvalue weighted by Gasteiger charge is 2.08. The number of pyridine rings is 1. The second-order valence-electron chi connectivity index (χ2n) is 2.82. The van der Waals surface area contributed by atoms with Gasteiger partial charge < -0.3 is 5.11 Å². The van der Waals surface area contributed by atoms with E-state index >= 15 is 0 Å². The zero-order chi connectivity index (χ0) is 10.1. The molecule has 0 amide bonds. The lowest BCUT2D eigenvalue weighted by Gasteiger charge is -1.99. The van der Waals surface area contributed by atoms with Crippen molar-refractivity contribution in [1.82, 2.24) is 9.55 Å². The van der Waals surface area contributed by atoms with E-state index in [1.807, 2.05) is 0 Å². The van der Waals surface area contributed by atoms with Crippen molar-refractivity contribution < 1.29 is 9.90 Å². The van der Waals surface area contributed by atoms with E-state index in [-0.39, 0.29) is 17.5 Å². The molecule has 0 spiro atoms. The number of carbonyl (C=O) groups excluding carboxylic acids is 1. The van der Waals surface area contributed by atoms with Crippen LogP contribution in [0.3, 0.4) is 0 Å². The van der Waals surface area contributed by atoms with Gasteiger partial charge >= 0.3 is 0 Å². The Morgan fingerprint density at radius 3 is 3.14 bits per heavy atom. The second-order valence-corrected chi connectivity index (χ2v) is 3.09. The summed E-state index contributed by atoms with van der Waals surface area (Å²) in [6.45, 7) is 0. The summed E-state index contributed by atoms with van der Waals surface area (Å²) in [5.74, 6) is -0.250. The summed E-state index contributed by atoms with van der Waals surface area (Å²) in [5.41, 5.74) is 0.508. The summed E-state index contributed by atoms with van der Waals surface area (Å²) in [6, 6.07) is 3.24. The Kier molecular flexibility index (Phi) is 2.13. The Labute approximate surface area is 84.7 Å². The van der Waals surface area contributed by atoms with Crippen LogP contribution in [0.15, 0.2) is 24.5 Å². The predicted molar refractivity (Wildman–Crippen MR) is 52.7 cm³/mol. The van der Waals surface area contributed by atoms with Crippen LogP contribution >= 0.6 is 11.6 Å². The summed E-state index contributed by atoms with van der Waals surface area (Å²) in [5, 5.41) is 9.86. The Hall–Kier alpha value is -1.55.